The molecular weight excluding hydrogens is 390 g/mol. The Hall–Kier alpha value is -2.73. The second kappa shape index (κ2) is 11.6. The largest absolute Gasteiger partial charge is 0.493 e. The molecule has 0 spiro atoms. The topological polar surface area (TPSA) is 64.1 Å². The van der Waals surface area contributed by atoms with Crippen molar-refractivity contribution in [3.8, 4) is 11.5 Å². The van der Waals surface area contributed by atoms with Crippen molar-refractivity contribution in [2.75, 3.05) is 33.9 Å². The van der Waals surface area contributed by atoms with Gasteiger partial charge in [-0.1, -0.05) is 35.9 Å². The van der Waals surface area contributed by atoms with Gasteiger partial charge in [-0.3, -0.25) is 4.99 Å². The van der Waals surface area contributed by atoms with Crippen LogP contribution in [-0.2, 0) is 11.3 Å². The molecule has 0 saturated carbocycles. The highest BCUT2D eigenvalue weighted by Crippen LogP contribution is 2.33. The van der Waals surface area contributed by atoms with Crippen molar-refractivity contribution in [1.29, 1.82) is 0 Å². The van der Waals surface area contributed by atoms with Crippen LogP contribution in [0.1, 0.15) is 42.6 Å². The van der Waals surface area contributed by atoms with E-state index in [0.29, 0.717) is 19.1 Å². The molecule has 1 fully saturated rings. The van der Waals surface area contributed by atoms with Crippen LogP contribution in [0.15, 0.2) is 47.5 Å². The fourth-order valence-electron chi connectivity index (χ4n) is 3.91. The number of aliphatic imine (C=N–C) groups is 1. The maximum Gasteiger partial charge on any atom is 0.191 e. The monoisotopic (exact) mass is 425 g/mol. The van der Waals surface area contributed by atoms with Crippen LogP contribution < -0.4 is 20.1 Å². The number of aryl methyl sites for hydroxylation is 1. The Morgan fingerprint density at radius 3 is 2.65 bits per heavy atom. The zero-order valence-corrected chi connectivity index (χ0v) is 19.1. The van der Waals surface area contributed by atoms with Crippen LogP contribution in [0.2, 0.25) is 0 Å². The minimum absolute atomic E-state index is 0.121. The van der Waals surface area contributed by atoms with E-state index in [0.717, 1.165) is 49.0 Å². The molecule has 0 aromatic heterocycles. The van der Waals surface area contributed by atoms with E-state index in [4.69, 9.17) is 14.2 Å². The van der Waals surface area contributed by atoms with Gasteiger partial charge < -0.3 is 24.8 Å². The average Bonchev–Trinajstić information content (AvgIpc) is 2.81. The van der Waals surface area contributed by atoms with Crippen LogP contribution in [0.5, 0.6) is 11.5 Å². The molecular formula is C25H35N3O3. The summed E-state index contributed by atoms with van der Waals surface area (Å²) < 4.78 is 17.2. The normalized spacial score (nSPS) is 19.0. The lowest BCUT2D eigenvalue weighted by molar-refractivity contribution is -0.0265. The van der Waals surface area contributed by atoms with E-state index in [2.05, 4.69) is 46.8 Å². The second-order valence-electron chi connectivity index (χ2n) is 7.83. The van der Waals surface area contributed by atoms with Gasteiger partial charge in [-0.05, 0) is 49.9 Å². The Kier molecular flexibility index (Phi) is 8.59. The second-order valence-corrected chi connectivity index (χ2v) is 7.83. The lowest BCUT2D eigenvalue weighted by Crippen LogP contribution is -2.41. The molecule has 1 saturated heterocycles. The number of methoxy groups -OCH3 is 1. The predicted molar refractivity (Wildman–Crippen MR) is 125 cm³/mol. The molecule has 2 N–H and O–H groups in total. The van der Waals surface area contributed by atoms with Crippen molar-refractivity contribution < 1.29 is 14.2 Å². The number of hydrogen-bond donors (Lipinski definition) is 2. The van der Waals surface area contributed by atoms with Crippen molar-refractivity contribution in [1.82, 2.24) is 10.6 Å². The van der Waals surface area contributed by atoms with Crippen LogP contribution in [0.3, 0.4) is 0 Å². The SMILES string of the molecule is CCOc1ccc(CNC(=NC)NCC2CCCOC2c2ccc(C)cc2)cc1OC. The molecule has 6 nitrogen and oxygen atoms in total. The Labute approximate surface area is 186 Å². The van der Waals surface area contributed by atoms with E-state index in [9.17, 15) is 0 Å². The molecule has 1 aliphatic rings. The number of ether oxygens (including phenoxy) is 3. The van der Waals surface area contributed by atoms with E-state index in [-0.39, 0.29) is 6.10 Å². The summed E-state index contributed by atoms with van der Waals surface area (Å²) in [4.78, 5) is 4.38. The molecule has 0 radical (unpaired) electrons. The van der Waals surface area contributed by atoms with Gasteiger partial charge in [-0.25, -0.2) is 0 Å². The first-order chi connectivity index (χ1) is 15.1. The van der Waals surface area contributed by atoms with E-state index in [1.807, 2.05) is 25.1 Å². The molecule has 2 aromatic rings. The third kappa shape index (κ3) is 6.37. The van der Waals surface area contributed by atoms with E-state index in [1.54, 1.807) is 14.2 Å². The summed E-state index contributed by atoms with van der Waals surface area (Å²) in [6.07, 6.45) is 2.35. The van der Waals surface area contributed by atoms with Gasteiger partial charge in [0, 0.05) is 32.7 Å². The number of nitrogens with zero attached hydrogens (tertiary/aromatic N) is 1. The molecule has 6 heteroatoms. The summed E-state index contributed by atoms with van der Waals surface area (Å²) in [6, 6.07) is 14.7. The Morgan fingerprint density at radius 2 is 1.94 bits per heavy atom. The first kappa shape index (κ1) is 22.9. The summed E-state index contributed by atoms with van der Waals surface area (Å²) in [6.45, 7) is 6.96. The van der Waals surface area contributed by atoms with Gasteiger partial charge in [0.2, 0.25) is 0 Å². The first-order valence-corrected chi connectivity index (χ1v) is 11.1. The minimum atomic E-state index is 0.121. The Bertz CT molecular complexity index is 852. The predicted octanol–water partition coefficient (Wildman–Crippen LogP) is 4.24. The molecule has 2 aromatic carbocycles. The Balaban J connectivity index is 1.56. The smallest absolute Gasteiger partial charge is 0.191 e. The zero-order valence-electron chi connectivity index (χ0n) is 19.1. The van der Waals surface area contributed by atoms with Gasteiger partial charge in [0.25, 0.3) is 0 Å². The zero-order chi connectivity index (χ0) is 22.1. The van der Waals surface area contributed by atoms with Gasteiger partial charge in [-0.15, -0.1) is 0 Å². The highest BCUT2D eigenvalue weighted by Gasteiger charge is 2.27. The van der Waals surface area contributed by atoms with Gasteiger partial charge >= 0.3 is 0 Å². The van der Waals surface area contributed by atoms with Crippen LogP contribution in [0.4, 0.5) is 0 Å². The molecule has 168 valence electrons. The van der Waals surface area contributed by atoms with E-state index < -0.39 is 0 Å². The maximum absolute atomic E-state index is 6.14. The lowest BCUT2D eigenvalue weighted by Gasteiger charge is -2.32. The van der Waals surface area contributed by atoms with Crippen LogP contribution >= 0.6 is 0 Å². The summed E-state index contributed by atoms with van der Waals surface area (Å²) >= 11 is 0. The minimum Gasteiger partial charge on any atom is -0.493 e. The van der Waals surface area contributed by atoms with Crippen molar-refractivity contribution in [3.63, 3.8) is 0 Å². The fraction of sp³-hybridized carbons (Fsp3) is 0.480. The van der Waals surface area contributed by atoms with Gasteiger partial charge in [0.05, 0.1) is 19.8 Å². The lowest BCUT2D eigenvalue weighted by atomic mass is 9.89. The number of benzene rings is 2. The average molecular weight is 426 g/mol. The molecule has 2 unspecified atom stereocenters. The number of rotatable bonds is 8. The van der Waals surface area contributed by atoms with Crippen molar-refractivity contribution in [3.05, 3.63) is 59.2 Å². The summed E-state index contributed by atoms with van der Waals surface area (Å²) in [5.41, 5.74) is 3.62. The van der Waals surface area contributed by atoms with Crippen LogP contribution in [0, 0.1) is 12.8 Å². The molecule has 2 atom stereocenters. The molecule has 1 heterocycles. The van der Waals surface area contributed by atoms with E-state index in [1.165, 1.54) is 11.1 Å². The van der Waals surface area contributed by atoms with Crippen molar-refractivity contribution >= 4 is 5.96 Å². The van der Waals surface area contributed by atoms with Crippen molar-refractivity contribution in [2.24, 2.45) is 10.9 Å². The summed E-state index contributed by atoms with van der Waals surface area (Å²) in [5, 5.41) is 6.88. The molecule has 1 aliphatic heterocycles. The van der Waals surface area contributed by atoms with Gasteiger partial charge in [0.1, 0.15) is 0 Å². The van der Waals surface area contributed by atoms with Crippen LogP contribution in [0.25, 0.3) is 0 Å². The van der Waals surface area contributed by atoms with Gasteiger partial charge in [-0.2, -0.15) is 0 Å². The summed E-state index contributed by atoms with van der Waals surface area (Å²) in [5.74, 6) is 2.68. The van der Waals surface area contributed by atoms with Gasteiger partial charge in [0.15, 0.2) is 17.5 Å². The fourth-order valence-corrected chi connectivity index (χ4v) is 3.91. The molecule has 0 amide bonds. The molecule has 0 bridgehead atoms. The molecule has 3 rings (SSSR count). The highest BCUT2D eigenvalue weighted by molar-refractivity contribution is 5.79. The molecule has 31 heavy (non-hydrogen) atoms. The van der Waals surface area contributed by atoms with E-state index >= 15 is 0 Å². The first-order valence-electron chi connectivity index (χ1n) is 11.1. The maximum atomic E-state index is 6.14. The highest BCUT2D eigenvalue weighted by atomic mass is 16.5. The standard InChI is InChI=1S/C25H35N3O3/c1-5-30-22-13-10-19(15-23(22)29-4)16-27-25(26-3)28-17-21-7-6-14-31-24(21)20-11-8-18(2)9-12-20/h8-13,15,21,24H,5-7,14,16-17H2,1-4H3,(H2,26,27,28). The quantitative estimate of drug-likeness (QED) is 0.489. The third-order valence-electron chi connectivity index (χ3n) is 5.59. The van der Waals surface area contributed by atoms with Crippen molar-refractivity contribution in [2.45, 2.75) is 39.3 Å². The number of nitrogens with one attached hydrogen (secondary N) is 2. The van der Waals surface area contributed by atoms with Crippen LogP contribution in [-0.4, -0.2) is 39.9 Å². The molecule has 0 aliphatic carbocycles. The summed E-state index contributed by atoms with van der Waals surface area (Å²) in [7, 11) is 3.45. The number of hydrogen-bond acceptors (Lipinski definition) is 4. The Morgan fingerprint density at radius 1 is 1.13 bits per heavy atom. The number of guanidine groups is 1. The third-order valence-corrected chi connectivity index (χ3v) is 5.59.